The van der Waals surface area contributed by atoms with Gasteiger partial charge in [0.05, 0.1) is 22.4 Å². The van der Waals surface area contributed by atoms with E-state index < -0.39 is 4.92 Å². The molecule has 0 radical (unpaired) electrons. The topological polar surface area (TPSA) is 70.2 Å². The van der Waals surface area contributed by atoms with E-state index in [-0.39, 0.29) is 18.0 Å². The Hall–Kier alpha value is -3.45. The average Bonchev–Trinajstić information content (AvgIpc) is 3.14. The molecule has 0 amide bonds. The molecule has 0 saturated carbocycles. The van der Waals surface area contributed by atoms with Crippen molar-refractivity contribution in [2.45, 2.75) is 6.61 Å². The molecule has 150 valence electrons. The number of hydrogen-bond acceptors (Lipinski definition) is 4. The molecule has 0 fully saturated rings. The van der Waals surface area contributed by atoms with E-state index in [0.29, 0.717) is 11.4 Å². The van der Waals surface area contributed by atoms with Gasteiger partial charge in [-0.15, -0.1) is 0 Å². The molecule has 6 nitrogen and oxygen atoms in total. The van der Waals surface area contributed by atoms with Crippen LogP contribution in [0.2, 0.25) is 0 Å². The van der Waals surface area contributed by atoms with Crippen LogP contribution in [-0.4, -0.2) is 14.5 Å². The van der Waals surface area contributed by atoms with Crippen LogP contribution in [-0.2, 0) is 13.7 Å². The standard InChI is InChI=1S/C23H18BrN3O3/c1-26-21(17-10-12-18(24)13-11-17)14-25-23(26)19-8-5-9-20(27(28)29)22(19)30-15-16-6-3-2-4-7-16/h2-14H,15H2,1H3. The molecule has 0 aliphatic rings. The van der Waals surface area contributed by atoms with E-state index >= 15 is 0 Å². The first-order valence-corrected chi connectivity index (χ1v) is 10.1. The minimum absolute atomic E-state index is 0.0865. The average molecular weight is 464 g/mol. The zero-order valence-electron chi connectivity index (χ0n) is 16.2. The highest BCUT2D eigenvalue weighted by atomic mass is 79.9. The minimum Gasteiger partial charge on any atom is -0.481 e. The Kier molecular flexibility index (Phi) is 5.63. The maximum Gasteiger partial charge on any atom is 0.311 e. The van der Waals surface area contributed by atoms with Crippen molar-refractivity contribution >= 4 is 21.6 Å². The van der Waals surface area contributed by atoms with Crippen molar-refractivity contribution in [2.75, 3.05) is 0 Å². The van der Waals surface area contributed by atoms with Crippen LogP contribution in [0.15, 0.2) is 83.5 Å². The molecule has 1 heterocycles. The number of nitrogens with zero attached hydrogens (tertiary/aromatic N) is 3. The summed E-state index contributed by atoms with van der Waals surface area (Å²) in [5.41, 5.74) is 3.31. The van der Waals surface area contributed by atoms with Gasteiger partial charge < -0.3 is 9.30 Å². The van der Waals surface area contributed by atoms with Crippen LogP contribution in [0.1, 0.15) is 5.56 Å². The number of nitro groups is 1. The highest BCUT2D eigenvalue weighted by Gasteiger charge is 2.23. The second-order valence-corrected chi connectivity index (χ2v) is 7.63. The predicted molar refractivity (Wildman–Crippen MR) is 119 cm³/mol. The number of hydrogen-bond donors (Lipinski definition) is 0. The SMILES string of the molecule is Cn1c(-c2ccc(Br)cc2)cnc1-c1cccc([N+](=O)[O-])c1OCc1ccccc1. The molecule has 0 N–H and O–H groups in total. The van der Waals surface area contributed by atoms with Crippen molar-refractivity contribution in [2.24, 2.45) is 7.05 Å². The Labute approximate surface area is 182 Å². The Morgan fingerprint density at radius 2 is 1.77 bits per heavy atom. The lowest BCUT2D eigenvalue weighted by Crippen LogP contribution is -2.03. The summed E-state index contributed by atoms with van der Waals surface area (Å²) in [6.07, 6.45) is 1.76. The first-order chi connectivity index (χ1) is 14.5. The zero-order valence-corrected chi connectivity index (χ0v) is 17.7. The summed E-state index contributed by atoms with van der Waals surface area (Å²) >= 11 is 3.44. The van der Waals surface area contributed by atoms with E-state index in [9.17, 15) is 10.1 Å². The van der Waals surface area contributed by atoms with Crippen molar-refractivity contribution < 1.29 is 9.66 Å². The largest absolute Gasteiger partial charge is 0.481 e. The van der Waals surface area contributed by atoms with Crippen molar-refractivity contribution in [1.82, 2.24) is 9.55 Å². The Balaban J connectivity index is 1.76. The molecule has 0 saturated heterocycles. The lowest BCUT2D eigenvalue weighted by Gasteiger charge is -2.13. The fraction of sp³-hybridized carbons (Fsp3) is 0.0870. The molecule has 0 aliphatic carbocycles. The second-order valence-electron chi connectivity index (χ2n) is 6.72. The number of ether oxygens (including phenoxy) is 1. The molecule has 4 aromatic rings. The highest BCUT2D eigenvalue weighted by molar-refractivity contribution is 9.10. The van der Waals surface area contributed by atoms with Crippen LogP contribution in [0, 0.1) is 10.1 Å². The number of rotatable bonds is 6. The van der Waals surface area contributed by atoms with Gasteiger partial charge in [0.2, 0.25) is 5.75 Å². The molecule has 3 aromatic carbocycles. The molecule has 7 heteroatoms. The summed E-state index contributed by atoms with van der Waals surface area (Å²) in [6.45, 7) is 0.225. The molecule has 0 atom stereocenters. The van der Waals surface area contributed by atoms with Crippen molar-refractivity contribution in [3.63, 3.8) is 0 Å². The van der Waals surface area contributed by atoms with E-state index in [4.69, 9.17) is 4.74 Å². The monoisotopic (exact) mass is 463 g/mol. The molecular formula is C23H18BrN3O3. The first-order valence-electron chi connectivity index (χ1n) is 9.27. The van der Waals surface area contributed by atoms with Gasteiger partial charge in [-0.1, -0.05) is 64.5 Å². The van der Waals surface area contributed by atoms with Gasteiger partial charge >= 0.3 is 5.69 Å². The molecule has 0 aliphatic heterocycles. The number of imidazole rings is 1. The lowest BCUT2D eigenvalue weighted by molar-refractivity contribution is -0.385. The molecule has 30 heavy (non-hydrogen) atoms. The van der Waals surface area contributed by atoms with Gasteiger partial charge in [-0.05, 0) is 29.3 Å². The van der Waals surface area contributed by atoms with Crippen molar-refractivity contribution in [1.29, 1.82) is 0 Å². The van der Waals surface area contributed by atoms with E-state index in [1.165, 1.54) is 6.07 Å². The first kappa shape index (κ1) is 19.8. The number of para-hydroxylation sites is 1. The fourth-order valence-electron chi connectivity index (χ4n) is 3.27. The Morgan fingerprint density at radius 1 is 1.03 bits per heavy atom. The Morgan fingerprint density at radius 3 is 2.47 bits per heavy atom. The van der Waals surface area contributed by atoms with Crippen LogP contribution < -0.4 is 4.74 Å². The van der Waals surface area contributed by atoms with Gasteiger partial charge in [0.25, 0.3) is 0 Å². The van der Waals surface area contributed by atoms with Crippen LogP contribution in [0.4, 0.5) is 5.69 Å². The van der Waals surface area contributed by atoms with Crippen molar-refractivity contribution in [3.05, 3.63) is 99.1 Å². The number of halogens is 1. The van der Waals surface area contributed by atoms with E-state index in [2.05, 4.69) is 20.9 Å². The summed E-state index contributed by atoms with van der Waals surface area (Å²) in [7, 11) is 1.89. The van der Waals surface area contributed by atoms with Gasteiger partial charge in [0, 0.05) is 17.6 Å². The van der Waals surface area contributed by atoms with Gasteiger partial charge in [0.15, 0.2) is 0 Å². The molecule has 0 spiro atoms. The van der Waals surface area contributed by atoms with Gasteiger partial charge in [-0.2, -0.15) is 0 Å². The normalized spacial score (nSPS) is 10.7. The smallest absolute Gasteiger partial charge is 0.311 e. The number of aromatic nitrogens is 2. The third-order valence-corrected chi connectivity index (χ3v) is 5.31. The summed E-state index contributed by atoms with van der Waals surface area (Å²) in [6, 6.07) is 22.4. The minimum atomic E-state index is -0.428. The van der Waals surface area contributed by atoms with Gasteiger partial charge in [-0.25, -0.2) is 4.98 Å². The molecule has 0 unspecified atom stereocenters. The van der Waals surface area contributed by atoms with E-state index in [1.807, 2.05) is 66.2 Å². The molecular weight excluding hydrogens is 446 g/mol. The molecule has 4 rings (SSSR count). The maximum absolute atomic E-state index is 11.7. The van der Waals surface area contributed by atoms with Crippen LogP contribution in [0.3, 0.4) is 0 Å². The quantitative estimate of drug-likeness (QED) is 0.259. The summed E-state index contributed by atoms with van der Waals surface area (Å²) < 4.78 is 8.86. The predicted octanol–water partition coefficient (Wildman–Crippen LogP) is 6.00. The van der Waals surface area contributed by atoms with E-state index in [1.54, 1.807) is 18.3 Å². The van der Waals surface area contributed by atoms with Gasteiger partial charge in [0.1, 0.15) is 12.4 Å². The highest BCUT2D eigenvalue weighted by Crippen LogP contribution is 2.39. The third kappa shape index (κ3) is 3.97. The molecule has 1 aromatic heterocycles. The second kappa shape index (κ2) is 8.51. The van der Waals surface area contributed by atoms with Crippen LogP contribution in [0.25, 0.3) is 22.6 Å². The molecule has 0 bridgehead atoms. The maximum atomic E-state index is 11.7. The summed E-state index contributed by atoms with van der Waals surface area (Å²) in [4.78, 5) is 15.8. The number of benzene rings is 3. The third-order valence-electron chi connectivity index (χ3n) is 4.79. The summed E-state index contributed by atoms with van der Waals surface area (Å²) in [5.74, 6) is 0.807. The number of nitro benzene ring substituents is 1. The zero-order chi connectivity index (χ0) is 21.1. The van der Waals surface area contributed by atoms with Crippen LogP contribution in [0.5, 0.6) is 5.75 Å². The van der Waals surface area contributed by atoms with Gasteiger partial charge in [-0.3, -0.25) is 10.1 Å². The van der Waals surface area contributed by atoms with Crippen LogP contribution >= 0.6 is 15.9 Å². The van der Waals surface area contributed by atoms with E-state index in [0.717, 1.165) is 21.3 Å². The van der Waals surface area contributed by atoms with Crippen molar-refractivity contribution in [3.8, 4) is 28.4 Å². The summed E-state index contributed by atoms with van der Waals surface area (Å²) in [5, 5.41) is 11.7. The lowest BCUT2D eigenvalue weighted by atomic mass is 10.1. The fourth-order valence-corrected chi connectivity index (χ4v) is 3.54. The Bertz CT molecular complexity index is 1190.